The second-order valence-corrected chi connectivity index (χ2v) is 8.75. The molecule has 0 amide bonds. The van der Waals surface area contributed by atoms with Gasteiger partial charge in [0.15, 0.2) is 5.78 Å². The van der Waals surface area contributed by atoms with Crippen LogP contribution in [0.1, 0.15) is 47.6 Å². The third-order valence-electron chi connectivity index (χ3n) is 5.96. The first-order chi connectivity index (χ1) is 14.7. The Balaban J connectivity index is 1.65. The van der Waals surface area contributed by atoms with Crippen LogP contribution in [0.5, 0.6) is 5.88 Å². The lowest BCUT2D eigenvalue weighted by Crippen LogP contribution is -2.26. The maximum Gasteiger partial charge on any atom is 0.222 e. The predicted molar refractivity (Wildman–Crippen MR) is 119 cm³/mol. The topological polar surface area (TPSA) is 44.1 Å². The van der Waals surface area contributed by atoms with E-state index < -0.39 is 0 Å². The molecule has 3 aromatic rings. The minimum atomic E-state index is -0.114. The van der Waals surface area contributed by atoms with Crippen molar-refractivity contribution >= 4 is 17.5 Å². The van der Waals surface area contributed by atoms with Crippen molar-refractivity contribution in [1.29, 1.82) is 0 Å². The Morgan fingerprint density at radius 3 is 2.60 bits per heavy atom. The molecule has 1 aliphatic heterocycles. The highest BCUT2D eigenvalue weighted by atomic mass is 32.2. The summed E-state index contributed by atoms with van der Waals surface area (Å²) in [4.78, 5) is 14.2. The van der Waals surface area contributed by atoms with Crippen molar-refractivity contribution in [1.82, 2.24) is 9.78 Å². The van der Waals surface area contributed by atoms with Gasteiger partial charge in [0.2, 0.25) is 5.88 Å². The number of ether oxygens (including phenoxy) is 1. The second kappa shape index (κ2) is 7.80. The normalized spacial score (nSPS) is 18.1. The quantitative estimate of drug-likeness (QED) is 0.527. The van der Waals surface area contributed by atoms with Gasteiger partial charge in [0, 0.05) is 34.8 Å². The summed E-state index contributed by atoms with van der Waals surface area (Å²) in [5.74, 6) is 1.70. The van der Waals surface area contributed by atoms with Gasteiger partial charge in [-0.15, -0.1) is 11.8 Å². The number of thioether (sulfide) groups is 1. The molecule has 152 valence electrons. The van der Waals surface area contributed by atoms with Crippen LogP contribution in [0.4, 0.5) is 0 Å². The summed E-state index contributed by atoms with van der Waals surface area (Å²) < 4.78 is 8.33. The van der Waals surface area contributed by atoms with Crippen LogP contribution < -0.4 is 4.74 Å². The van der Waals surface area contributed by atoms with E-state index in [4.69, 9.17) is 9.84 Å². The van der Waals surface area contributed by atoms with Crippen molar-refractivity contribution in [2.24, 2.45) is 0 Å². The Kier molecular flexibility index (Phi) is 4.99. The van der Waals surface area contributed by atoms with Crippen LogP contribution >= 0.6 is 11.8 Å². The molecule has 1 aromatic heterocycles. The largest absolute Gasteiger partial charge is 0.443 e. The number of fused-ring (bicyclic) bond motifs is 1. The van der Waals surface area contributed by atoms with Crippen LogP contribution in [0.15, 0.2) is 70.8 Å². The number of carbonyl (C=O) groups is 1. The minimum Gasteiger partial charge on any atom is -0.443 e. The molecule has 4 nitrogen and oxygen atoms in total. The molecule has 0 bridgehead atoms. The number of carbonyl (C=O) groups excluding carboxylic acids is 1. The Labute approximate surface area is 180 Å². The highest BCUT2D eigenvalue weighted by Crippen LogP contribution is 2.48. The number of benzene rings is 2. The van der Waals surface area contributed by atoms with Gasteiger partial charge in [0.05, 0.1) is 12.2 Å². The molecule has 0 radical (unpaired) electrons. The molecule has 0 N–H and O–H groups in total. The lowest BCUT2D eigenvalue weighted by atomic mass is 9.77. The van der Waals surface area contributed by atoms with E-state index in [0.717, 1.165) is 46.9 Å². The maximum atomic E-state index is 13.0. The van der Waals surface area contributed by atoms with E-state index in [1.54, 1.807) is 11.8 Å². The molecule has 30 heavy (non-hydrogen) atoms. The van der Waals surface area contributed by atoms with Gasteiger partial charge in [-0.05, 0) is 42.9 Å². The Morgan fingerprint density at radius 2 is 1.87 bits per heavy atom. The van der Waals surface area contributed by atoms with Gasteiger partial charge in [-0.3, -0.25) is 4.79 Å². The van der Waals surface area contributed by atoms with Gasteiger partial charge < -0.3 is 4.74 Å². The predicted octanol–water partition coefficient (Wildman–Crippen LogP) is 5.49. The zero-order chi connectivity index (χ0) is 20.7. The minimum absolute atomic E-state index is 0.114. The fourth-order valence-electron chi connectivity index (χ4n) is 4.53. The summed E-state index contributed by atoms with van der Waals surface area (Å²) in [5.41, 5.74) is 5.07. The number of hydrogen-bond acceptors (Lipinski definition) is 4. The maximum absolute atomic E-state index is 13.0. The van der Waals surface area contributed by atoms with Crippen LogP contribution in [-0.2, 0) is 11.3 Å². The van der Waals surface area contributed by atoms with Gasteiger partial charge in [-0.2, -0.15) is 5.10 Å². The highest BCUT2D eigenvalue weighted by Gasteiger charge is 2.40. The van der Waals surface area contributed by atoms with Crippen molar-refractivity contribution in [3.8, 4) is 5.88 Å². The molecule has 2 aliphatic rings. The molecule has 0 saturated heterocycles. The lowest BCUT2D eigenvalue weighted by molar-refractivity contribution is -0.116. The molecule has 0 saturated carbocycles. The Bertz CT molecular complexity index is 1130. The number of aryl methyl sites for hydroxylation is 1. The molecule has 2 heterocycles. The zero-order valence-corrected chi connectivity index (χ0v) is 18.0. The summed E-state index contributed by atoms with van der Waals surface area (Å²) in [5, 5.41) is 4.83. The monoisotopic (exact) mass is 416 g/mol. The van der Waals surface area contributed by atoms with E-state index in [9.17, 15) is 4.79 Å². The number of ketones is 1. The Hall–Kier alpha value is -2.79. The number of hydrogen-bond donors (Lipinski definition) is 0. The molecule has 5 heteroatoms. The van der Waals surface area contributed by atoms with Gasteiger partial charge in [0.1, 0.15) is 5.76 Å². The molecule has 0 fully saturated rings. The third kappa shape index (κ3) is 3.27. The van der Waals surface area contributed by atoms with Gasteiger partial charge >= 0.3 is 0 Å². The van der Waals surface area contributed by atoms with Crippen LogP contribution in [0.2, 0.25) is 0 Å². The molecular formula is C25H24N2O2S. The summed E-state index contributed by atoms with van der Waals surface area (Å²) in [6.07, 6.45) is 4.31. The highest BCUT2D eigenvalue weighted by molar-refractivity contribution is 7.98. The molecule has 2 aromatic carbocycles. The van der Waals surface area contributed by atoms with E-state index in [2.05, 4.69) is 42.7 Å². The molecule has 1 atom stereocenters. The first-order valence-electron chi connectivity index (χ1n) is 10.3. The molecule has 1 aliphatic carbocycles. The van der Waals surface area contributed by atoms with Crippen LogP contribution in [0, 0.1) is 6.92 Å². The number of nitrogens with zero attached hydrogens (tertiary/aromatic N) is 2. The summed E-state index contributed by atoms with van der Waals surface area (Å²) in [6, 6.07) is 18.8. The molecule has 0 unspecified atom stereocenters. The molecular weight excluding hydrogens is 392 g/mol. The summed E-state index contributed by atoms with van der Waals surface area (Å²) in [6.45, 7) is 2.66. The summed E-state index contributed by atoms with van der Waals surface area (Å²) >= 11 is 1.72. The van der Waals surface area contributed by atoms with Crippen molar-refractivity contribution in [2.45, 2.75) is 43.5 Å². The zero-order valence-electron chi connectivity index (χ0n) is 17.2. The lowest BCUT2D eigenvalue weighted by Gasteiger charge is -2.31. The van der Waals surface area contributed by atoms with E-state index in [-0.39, 0.29) is 11.7 Å². The van der Waals surface area contributed by atoms with E-state index in [1.165, 1.54) is 10.5 Å². The average molecular weight is 417 g/mol. The van der Waals surface area contributed by atoms with E-state index in [0.29, 0.717) is 13.0 Å². The molecule has 0 spiro atoms. The van der Waals surface area contributed by atoms with Crippen LogP contribution in [-0.4, -0.2) is 21.8 Å². The van der Waals surface area contributed by atoms with Crippen LogP contribution in [0.25, 0.3) is 0 Å². The van der Waals surface area contributed by atoms with Crippen molar-refractivity contribution in [3.63, 3.8) is 0 Å². The van der Waals surface area contributed by atoms with E-state index >= 15 is 0 Å². The standard InChI is InChI=1S/C25H24N2O2S/c1-16-22-23(18-11-13-19(30-2)14-12-18)24-20(28)9-6-10-21(24)29-25(22)27(26-16)15-17-7-4-3-5-8-17/h3-5,7-8,11-14,23H,6,9-10,15H2,1-2H3/t23-/m1/s1. The number of allylic oxidation sites excluding steroid dienone is 2. The average Bonchev–Trinajstić information content (AvgIpc) is 3.08. The van der Waals surface area contributed by atoms with E-state index in [1.807, 2.05) is 29.8 Å². The third-order valence-corrected chi connectivity index (χ3v) is 6.70. The Morgan fingerprint density at radius 1 is 1.10 bits per heavy atom. The first kappa shape index (κ1) is 19.2. The van der Waals surface area contributed by atoms with Crippen LogP contribution in [0.3, 0.4) is 0 Å². The van der Waals surface area contributed by atoms with Crippen molar-refractivity contribution < 1.29 is 9.53 Å². The second-order valence-electron chi connectivity index (χ2n) is 7.87. The number of rotatable bonds is 4. The SMILES string of the molecule is CSc1ccc([C@H]2C3=C(CCCC3=O)Oc3c2c(C)nn3Cc2ccccc2)cc1. The summed E-state index contributed by atoms with van der Waals surface area (Å²) in [7, 11) is 0. The molecule has 5 rings (SSSR count). The number of aromatic nitrogens is 2. The van der Waals surface area contributed by atoms with Crippen molar-refractivity contribution in [3.05, 3.63) is 88.3 Å². The smallest absolute Gasteiger partial charge is 0.222 e. The fraction of sp³-hybridized carbons (Fsp3) is 0.280. The van der Waals surface area contributed by atoms with Gasteiger partial charge in [-0.1, -0.05) is 42.5 Å². The van der Waals surface area contributed by atoms with Gasteiger partial charge in [0.25, 0.3) is 0 Å². The van der Waals surface area contributed by atoms with Crippen molar-refractivity contribution in [2.75, 3.05) is 6.26 Å². The first-order valence-corrected chi connectivity index (χ1v) is 11.6. The van der Waals surface area contributed by atoms with Gasteiger partial charge in [-0.25, -0.2) is 4.68 Å². The fourth-order valence-corrected chi connectivity index (χ4v) is 4.94. The number of Topliss-reactive ketones (excluding diaryl/α,β-unsaturated/α-hetero) is 1.